The predicted molar refractivity (Wildman–Crippen MR) is 210 cm³/mol. The normalized spacial score (nSPS) is 13.2. The van der Waals surface area contributed by atoms with Gasteiger partial charge in [0.2, 0.25) is 0 Å². The highest BCUT2D eigenvalue weighted by Gasteiger charge is 2.32. The fraction of sp³-hybridized carbons (Fsp3) is 0.310. The minimum atomic E-state index is -0.800. The van der Waals surface area contributed by atoms with Crippen LogP contribution in [0, 0.1) is 0 Å². The first-order valence-electron chi connectivity index (χ1n) is 18.1. The van der Waals surface area contributed by atoms with Crippen LogP contribution in [-0.2, 0) is 30.7 Å². The van der Waals surface area contributed by atoms with E-state index in [1.165, 1.54) is 44.6 Å². The van der Waals surface area contributed by atoms with E-state index >= 15 is 0 Å². The molecule has 1 atom stereocenters. The Labute approximate surface area is 325 Å². The van der Waals surface area contributed by atoms with Crippen molar-refractivity contribution in [2.45, 2.75) is 38.4 Å². The van der Waals surface area contributed by atoms with E-state index in [2.05, 4.69) is 17.2 Å². The molecule has 6 N–H and O–H groups in total. The summed E-state index contributed by atoms with van der Waals surface area (Å²) in [6.07, 6.45) is 1.96. The molecule has 14 heteroatoms. The maximum absolute atomic E-state index is 14.1. The molecule has 0 aliphatic carbocycles. The van der Waals surface area contributed by atoms with Crippen LogP contribution < -0.4 is 35.3 Å². The SMILES string of the molecule is C=CCOC(=O)Nc1cc(OCCCOc2cc(N)c(C(=O)NCc3ccccc3CCO)cc2OC)c(OC)cc1C(=O)N1Cc2ccccc2CC1CO. The Morgan fingerprint density at radius 1 is 0.875 bits per heavy atom. The van der Waals surface area contributed by atoms with Crippen LogP contribution in [0.3, 0.4) is 0 Å². The molecule has 1 unspecified atom stereocenters. The zero-order valence-corrected chi connectivity index (χ0v) is 31.5. The number of ether oxygens (including phenoxy) is 5. The summed E-state index contributed by atoms with van der Waals surface area (Å²) < 4.78 is 28.3. The summed E-state index contributed by atoms with van der Waals surface area (Å²) in [4.78, 5) is 41.5. The van der Waals surface area contributed by atoms with Crippen molar-refractivity contribution in [3.63, 3.8) is 0 Å². The molecule has 0 fully saturated rings. The summed E-state index contributed by atoms with van der Waals surface area (Å²) in [6, 6.07) is 20.9. The number of fused-ring (bicyclic) bond motifs is 1. The second-order valence-corrected chi connectivity index (χ2v) is 12.9. The van der Waals surface area contributed by atoms with Crippen molar-refractivity contribution in [1.29, 1.82) is 0 Å². The summed E-state index contributed by atoms with van der Waals surface area (Å²) in [7, 11) is 2.90. The lowest BCUT2D eigenvalue weighted by molar-refractivity contribution is 0.0544. The summed E-state index contributed by atoms with van der Waals surface area (Å²) >= 11 is 0. The number of nitrogens with one attached hydrogen (secondary N) is 2. The minimum absolute atomic E-state index is 0.00172. The van der Waals surface area contributed by atoms with Gasteiger partial charge in [-0.15, -0.1) is 0 Å². The average Bonchev–Trinajstić information content (AvgIpc) is 3.21. The number of hydrogen-bond acceptors (Lipinski definition) is 11. The van der Waals surface area contributed by atoms with E-state index in [1.807, 2.05) is 48.5 Å². The van der Waals surface area contributed by atoms with Gasteiger partial charge in [0.25, 0.3) is 11.8 Å². The number of aliphatic hydroxyl groups is 2. The van der Waals surface area contributed by atoms with E-state index < -0.39 is 23.9 Å². The molecule has 56 heavy (non-hydrogen) atoms. The summed E-state index contributed by atoms with van der Waals surface area (Å²) in [5.41, 5.74) is 10.8. The lowest BCUT2D eigenvalue weighted by Crippen LogP contribution is -2.46. The van der Waals surface area contributed by atoms with Gasteiger partial charge in [-0.2, -0.15) is 0 Å². The van der Waals surface area contributed by atoms with Crippen LogP contribution in [0.4, 0.5) is 16.2 Å². The van der Waals surface area contributed by atoms with Crippen LogP contribution in [-0.4, -0.2) is 86.3 Å². The summed E-state index contributed by atoms with van der Waals surface area (Å²) in [6.45, 7) is 4.14. The molecule has 3 amide bonds. The first kappa shape index (κ1) is 40.9. The maximum Gasteiger partial charge on any atom is 0.411 e. The number of amides is 3. The smallest absolute Gasteiger partial charge is 0.411 e. The van der Waals surface area contributed by atoms with Crippen molar-refractivity contribution in [2.24, 2.45) is 0 Å². The van der Waals surface area contributed by atoms with Gasteiger partial charge >= 0.3 is 6.09 Å². The number of carbonyl (C=O) groups excluding carboxylic acids is 3. The molecule has 0 bridgehead atoms. The van der Waals surface area contributed by atoms with Crippen LogP contribution in [0.15, 0.2) is 85.5 Å². The van der Waals surface area contributed by atoms with Crippen molar-refractivity contribution < 1.29 is 48.3 Å². The molecular formula is C42H48N4O10. The third-order valence-electron chi connectivity index (χ3n) is 9.25. The first-order valence-corrected chi connectivity index (χ1v) is 18.1. The number of methoxy groups -OCH3 is 2. The second-order valence-electron chi connectivity index (χ2n) is 12.9. The highest BCUT2D eigenvalue weighted by molar-refractivity contribution is 6.04. The molecule has 4 aromatic rings. The van der Waals surface area contributed by atoms with Crippen molar-refractivity contribution >= 4 is 29.3 Å². The summed E-state index contributed by atoms with van der Waals surface area (Å²) in [5.74, 6) is 0.336. The zero-order chi connectivity index (χ0) is 40.0. The number of nitrogens with two attached hydrogens (primary N) is 1. The van der Waals surface area contributed by atoms with Gasteiger partial charge < -0.3 is 49.8 Å². The highest BCUT2D eigenvalue weighted by atomic mass is 16.5. The third kappa shape index (κ3) is 10.1. The van der Waals surface area contributed by atoms with Crippen LogP contribution in [0.5, 0.6) is 23.0 Å². The standard InChI is InChI=1S/C42H48N4O10/c1-4-16-56-42(51)45-35-23-39(37(53-3)21-33(35)41(50)46-25-30-13-8-6-11-28(30)19-31(46)26-48)55-18-9-17-54-38-22-34(43)32(20-36(38)52-2)40(49)44-24-29-12-7-5-10-27(29)14-15-47/h4-8,10-13,20-23,31,47-48H,1,9,14-19,24-26,43H2,2-3H3,(H,44,49)(H,45,51). The molecule has 0 saturated heterocycles. The Kier molecular flexibility index (Phi) is 14.5. The van der Waals surface area contributed by atoms with Crippen molar-refractivity contribution in [3.05, 3.63) is 119 Å². The van der Waals surface area contributed by atoms with Gasteiger partial charge in [0.05, 0.1) is 56.9 Å². The Balaban J connectivity index is 1.25. The Bertz CT molecular complexity index is 2020. The van der Waals surface area contributed by atoms with Gasteiger partial charge in [0.15, 0.2) is 23.0 Å². The topological polar surface area (TPSA) is 191 Å². The fourth-order valence-corrected chi connectivity index (χ4v) is 6.37. The van der Waals surface area contributed by atoms with E-state index in [-0.39, 0.29) is 80.1 Å². The molecule has 1 aliphatic heterocycles. The molecule has 1 aliphatic rings. The first-order chi connectivity index (χ1) is 27.2. The second kappa shape index (κ2) is 19.9. The van der Waals surface area contributed by atoms with Gasteiger partial charge in [-0.3, -0.25) is 14.9 Å². The molecule has 0 spiro atoms. The van der Waals surface area contributed by atoms with Crippen molar-refractivity contribution in [2.75, 3.05) is 58.3 Å². The lowest BCUT2D eigenvalue weighted by Gasteiger charge is -2.36. The minimum Gasteiger partial charge on any atom is -0.493 e. The lowest BCUT2D eigenvalue weighted by atomic mass is 9.93. The Morgan fingerprint density at radius 2 is 1.52 bits per heavy atom. The molecule has 5 rings (SSSR count). The zero-order valence-electron chi connectivity index (χ0n) is 31.5. The molecular weight excluding hydrogens is 720 g/mol. The van der Waals surface area contributed by atoms with E-state index in [9.17, 15) is 24.6 Å². The molecule has 0 radical (unpaired) electrons. The van der Waals surface area contributed by atoms with Crippen LogP contribution >= 0.6 is 0 Å². The monoisotopic (exact) mass is 768 g/mol. The van der Waals surface area contributed by atoms with Gasteiger partial charge in [-0.05, 0) is 47.2 Å². The molecule has 4 aromatic carbocycles. The number of rotatable bonds is 18. The third-order valence-corrected chi connectivity index (χ3v) is 9.25. The van der Waals surface area contributed by atoms with Gasteiger partial charge in [0, 0.05) is 43.9 Å². The average molecular weight is 769 g/mol. The number of anilines is 2. The Hall–Kier alpha value is -6.25. The number of carbonyl (C=O) groups is 3. The van der Waals surface area contributed by atoms with E-state index in [0.717, 1.165) is 22.3 Å². The molecule has 0 aromatic heterocycles. The van der Waals surface area contributed by atoms with E-state index in [0.29, 0.717) is 30.8 Å². The fourth-order valence-electron chi connectivity index (χ4n) is 6.37. The number of nitrogens with zero attached hydrogens (tertiary/aromatic N) is 1. The maximum atomic E-state index is 14.1. The number of nitrogen functional groups attached to an aromatic ring is 1. The molecule has 1 heterocycles. The largest absolute Gasteiger partial charge is 0.493 e. The number of benzene rings is 4. The van der Waals surface area contributed by atoms with Gasteiger partial charge in [0.1, 0.15) is 6.61 Å². The van der Waals surface area contributed by atoms with Crippen LogP contribution in [0.25, 0.3) is 0 Å². The van der Waals surface area contributed by atoms with Gasteiger partial charge in [-0.1, -0.05) is 61.2 Å². The Morgan fingerprint density at radius 3 is 2.18 bits per heavy atom. The van der Waals surface area contributed by atoms with Crippen LogP contribution in [0.2, 0.25) is 0 Å². The van der Waals surface area contributed by atoms with Crippen molar-refractivity contribution in [3.8, 4) is 23.0 Å². The van der Waals surface area contributed by atoms with E-state index in [4.69, 9.17) is 29.4 Å². The van der Waals surface area contributed by atoms with Crippen molar-refractivity contribution in [1.82, 2.24) is 10.2 Å². The number of hydrogen-bond donors (Lipinski definition) is 5. The van der Waals surface area contributed by atoms with E-state index in [1.54, 1.807) is 4.90 Å². The predicted octanol–water partition coefficient (Wildman–Crippen LogP) is 4.89. The number of aliphatic hydroxyl groups excluding tert-OH is 2. The van der Waals surface area contributed by atoms with Crippen LogP contribution in [0.1, 0.15) is 49.4 Å². The molecule has 0 saturated carbocycles. The summed E-state index contributed by atoms with van der Waals surface area (Å²) in [5, 5.41) is 25.1. The molecule has 296 valence electrons. The molecule has 14 nitrogen and oxygen atoms in total. The highest BCUT2D eigenvalue weighted by Crippen LogP contribution is 2.37. The van der Waals surface area contributed by atoms with Gasteiger partial charge in [-0.25, -0.2) is 4.79 Å². The quantitative estimate of drug-likeness (QED) is 0.0526.